The molecule has 1 aliphatic rings. The summed E-state index contributed by atoms with van der Waals surface area (Å²) in [6, 6.07) is 0. The number of ether oxygens (including phenoxy) is 1. The molecule has 0 saturated carbocycles. The zero-order valence-electron chi connectivity index (χ0n) is 13.0. The van der Waals surface area contributed by atoms with Gasteiger partial charge in [0.2, 0.25) is 0 Å². The van der Waals surface area contributed by atoms with E-state index in [2.05, 4.69) is 49.7 Å². The van der Waals surface area contributed by atoms with Crippen LogP contribution in [0.4, 0.5) is 0 Å². The minimum atomic E-state index is 0. The molecule has 22 heavy (non-hydrogen) atoms. The Morgan fingerprint density at radius 1 is 1.64 bits per heavy atom. The van der Waals surface area contributed by atoms with Crippen LogP contribution < -0.4 is 5.32 Å². The van der Waals surface area contributed by atoms with Gasteiger partial charge in [0.25, 0.3) is 0 Å². The van der Waals surface area contributed by atoms with Gasteiger partial charge in [-0.05, 0) is 6.92 Å². The van der Waals surface area contributed by atoms with Crippen LogP contribution in [0.25, 0.3) is 0 Å². The Hall–Kier alpha value is -0.610. The predicted molar refractivity (Wildman–Crippen MR) is 103 cm³/mol. The second-order valence-corrected chi connectivity index (χ2v) is 6.06. The highest BCUT2D eigenvalue weighted by Crippen LogP contribution is 2.21. The normalized spacial score (nSPS) is 18.8. The van der Waals surface area contributed by atoms with Crippen LogP contribution in [0.3, 0.4) is 0 Å². The number of guanidine groups is 1. The van der Waals surface area contributed by atoms with Crippen LogP contribution in [0.1, 0.15) is 18.6 Å². The lowest BCUT2D eigenvalue weighted by Crippen LogP contribution is -2.48. The topological polar surface area (TPSA) is 54.7 Å². The van der Waals surface area contributed by atoms with Crippen molar-refractivity contribution in [2.75, 3.05) is 32.8 Å². The van der Waals surface area contributed by atoms with E-state index in [0.29, 0.717) is 13.2 Å². The number of rotatable bonds is 4. The van der Waals surface area contributed by atoms with Crippen LogP contribution in [0, 0.1) is 0 Å². The Morgan fingerprint density at radius 3 is 3.00 bits per heavy atom. The average molecular weight is 484 g/mol. The minimum absolute atomic E-state index is 0. The van der Waals surface area contributed by atoms with E-state index in [9.17, 15) is 0 Å². The summed E-state index contributed by atoms with van der Waals surface area (Å²) in [5.41, 5.74) is 1.10. The van der Waals surface area contributed by atoms with Crippen LogP contribution in [-0.2, 0) is 11.8 Å². The smallest absolute Gasteiger partial charge is 0.194 e. The summed E-state index contributed by atoms with van der Waals surface area (Å²) < 4.78 is 8.52. The number of aliphatic imine (C=N–C) groups is 1. The molecule has 1 unspecified atom stereocenters. The Balaban J connectivity index is 0.00000242. The van der Waals surface area contributed by atoms with E-state index in [1.807, 2.05) is 19.4 Å². The summed E-state index contributed by atoms with van der Waals surface area (Å²) >= 11 is 3.35. The standard InChI is InChI=1S/C14H22BrN5O.HI/c1-4-16-14(17-7-11(2)15)20-5-6-21-13(10-20)12-8-18-19(3)9-12;/h8-9,13H,2,4-7,10H2,1,3H3,(H,16,17);1H. The van der Waals surface area contributed by atoms with E-state index in [-0.39, 0.29) is 30.1 Å². The maximum atomic E-state index is 5.86. The van der Waals surface area contributed by atoms with Gasteiger partial charge in [0.15, 0.2) is 5.96 Å². The van der Waals surface area contributed by atoms with E-state index >= 15 is 0 Å². The summed E-state index contributed by atoms with van der Waals surface area (Å²) in [5.74, 6) is 0.898. The predicted octanol–water partition coefficient (Wildman–Crippen LogP) is 2.29. The molecule has 0 radical (unpaired) electrons. The van der Waals surface area contributed by atoms with E-state index in [4.69, 9.17) is 4.74 Å². The van der Waals surface area contributed by atoms with Crippen molar-refractivity contribution < 1.29 is 4.74 Å². The van der Waals surface area contributed by atoms with Crippen LogP contribution >= 0.6 is 39.9 Å². The average Bonchev–Trinajstić information content (AvgIpc) is 2.90. The summed E-state index contributed by atoms with van der Waals surface area (Å²) in [6.07, 6.45) is 3.89. The van der Waals surface area contributed by atoms with Gasteiger partial charge < -0.3 is 15.0 Å². The van der Waals surface area contributed by atoms with Gasteiger partial charge in [-0.1, -0.05) is 22.5 Å². The number of halogens is 2. The van der Waals surface area contributed by atoms with Crippen molar-refractivity contribution >= 4 is 45.9 Å². The summed E-state index contributed by atoms with van der Waals surface area (Å²) in [6.45, 7) is 9.58. The lowest BCUT2D eigenvalue weighted by atomic mass is 10.1. The number of aryl methyl sites for hydroxylation is 1. The molecule has 124 valence electrons. The third-order valence-corrected chi connectivity index (χ3v) is 3.45. The van der Waals surface area contributed by atoms with Gasteiger partial charge in [0, 0.05) is 36.4 Å². The highest BCUT2D eigenvalue weighted by atomic mass is 127. The van der Waals surface area contributed by atoms with E-state index < -0.39 is 0 Å². The van der Waals surface area contributed by atoms with Crippen molar-refractivity contribution in [2.24, 2.45) is 12.0 Å². The van der Waals surface area contributed by atoms with Crippen LogP contribution in [0.5, 0.6) is 0 Å². The maximum absolute atomic E-state index is 5.86. The van der Waals surface area contributed by atoms with Crippen LogP contribution in [-0.4, -0.2) is 53.4 Å². The molecule has 1 aromatic rings. The van der Waals surface area contributed by atoms with Crippen LogP contribution in [0.15, 0.2) is 28.4 Å². The van der Waals surface area contributed by atoms with E-state index in [1.165, 1.54) is 0 Å². The Morgan fingerprint density at radius 2 is 2.41 bits per heavy atom. The number of hydrogen-bond donors (Lipinski definition) is 1. The Kier molecular flexibility index (Phi) is 8.40. The van der Waals surface area contributed by atoms with Gasteiger partial charge in [-0.25, -0.2) is 4.99 Å². The first-order chi connectivity index (χ1) is 10.1. The molecule has 1 aliphatic heterocycles. The first-order valence-electron chi connectivity index (χ1n) is 7.06. The second kappa shape index (κ2) is 9.51. The van der Waals surface area contributed by atoms with E-state index in [1.54, 1.807) is 4.68 Å². The number of hydrogen-bond acceptors (Lipinski definition) is 3. The van der Waals surface area contributed by atoms with Gasteiger partial charge in [-0.2, -0.15) is 5.10 Å². The largest absolute Gasteiger partial charge is 0.370 e. The van der Waals surface area contributed by atoms with Crippen molar-refractivity contribution in [3.8, 4) is 0 Å². The van der Waals surface area contributed by atoms with Crippen molar-refractivity contribution in [3.05, 3.63) is 29.0 Å². The first kappa shape index (κ1) is 19.4. The zero-order valence-corrected chi connectivity index (χ0v) is 16.9. The number of morpholine rings is 1. The fraction of sp³-hybridized carbons (Fsp3) is 0.571. The van der Waals surface area contributed by atoms with Crippen molar-refractivity contribution in [3.63, 3.8) is 0 Å². The highest BCUT2D eigenvalue weighted by molar-refractivity contribution is 14.0. The molecule has 0 spiro atoms. The quantitative estimate of drug-likeness (QED) is 0.405. The lowest BCUT2D eigenvalue weighted by Gasteiger charge is -2.34. The molecule has 0 amide bonds. The number of nitrogens with one attached hydrogen (secondary N) is 1. The lowest BCUT2D eigenvalue weighted by molar-refractivity contribution is -0.00801. The van der Waals surface area contributed by atoms with Crippen molar-refractivity contribution in [1.29, 1.82) is 0 Å². The van der Waals surface area contributed by atoms with Gasteiger partial charge in [0.1, 0.15) is 6.10 Å². The molecule has 2 heterocycles. The van der Waals surface area contributed by atoms with Gasteiger partial charge in [-0.3, -0.25) is 4.68 Å². The third kappa shape index (κ3) is 5.54. The molecule has 0 bridgehead atoms. The number of aromatic nitrogens is 2. The number of nitrogens with zero attached hydrogens (tertiary/aromatic N) is 4. The molecule has 1 aromatic heterocycles. The summed E-state index contributed by atoms with van der Waals surface area (Å²) in [4.78, 5) is 6.80. The van der Waals surface area contributed by atoms with Crippen molar-refractivity contribution in [2.45, 2.75) is 13.0 Å². The second-order valence-electron chi connectivity index (χ2n) is 4.94. The molecule has 8 heteroatoms. The fourth-order valence-corrected chi connectivity index (χ4v) is 2.36. The Bertz CT molecular complexity index is 519. The van der Waals surface area contributed by atoms with Gasteiger partial charge in [0.05, 0.1) is 25.9 Å². The molecular weight excluding hydrogens is 461 g/mol. The molecular formula is C14H23BrIN5O. The first-order valence-corrected chi connectivity index (χ1v) is 7.86. The van der Waals surface area contributed by atoms with Crippen LogP contribution in [0.2, 0.25) is 0 Å². The minimum Gasteiger partial charge on any atom is -0.370 e. The molecule has 6 nitrogen and oxygen atoms in total. The zero-order chi connectivity index (χ0) is 15.2. The summed E-state index contributed by atoms with van der Waals surface area (Å²) in [7, 11) is 1.91. The maximum Gasteiger partial charge on any atom is 0.194 e. The molecule has 0 aliphatic carbocycles. The molecule has 1 atom stereocenters. The molecule has 1 saturated heterocycles. The fourth-order valence-electron chi connectivity index (χ4n) is 2.24. The van der Waals surface area contributed by atoms with Crippen molar-refractivity contribution in [1.82, 2.24) is 20.0 Å². The molecule has 1 N–H and O–H groups in total. The SMILES string of the molecule is C=C(Br)CN=C(NCC)N1CCOC(c2cnn(C)c2)C1.I. The third-order valence-electron chi connectivity index (χ3n) is 3.20. The monoisotopic (exact) mass is 483 g/mol. The molecule has 0 aromatic carbocycles. The molecule has 1 fully saturated rings. The molecule has 2 rings (SSSR count). The Labute approximate surface area is 157 Å². The van der Waals surface area contributed by atoms with Gasteiger partial charge in [-0.15, -0.1) is 24.0 Å². The van der Waals surface area contributed by atoms with E-state index in [0.717, 1.165) is 35.6 Å². The highest BCUT2D eigenvalue weighted by Gasteiger charge is 2.25. The summed E-state index contributed by atoms with van der Waals surface area (Å²) in [5, 5.41) is 7.53. The van der Waals surface area contributed by atoms with Gasteiger partial charge >= 0.3 is 0 Å².